The molecule has 0 aromatic rings. The molecule has 0 unspecified atom stereocenters. The predicted octanol–water partition coefficient (Wildman–Crippen LogP) is -0.827. The molecule has 48 valence electrons. The average Bonchev–Trinajstić information content (AvgIpc) is 1.65. The average molecular weight is 116 g/mol. The van der Waals surface area contributed by atoms with Crippen LogP contribution in [0.5, 0.6) is 0 Å². The van der Waals surface area contributed by atoms with Gasteiger partial charge in [-0.15, -0.1) is 0 Å². The zero-order valence-corrected chi connectivity index (χ0v) is 5.18. The zero-order valence-electron chi connectivity index (χ0n) is 5.18. The summed E-state index contributed by atoms with van der Waals surface area (Å²) in [7, 11) is 0. The highest BCUT2D eigenvalue weighted by atomic mass is 15.3. The van der Waals surface area contributed by atoms with Crippen molar-refractivity contribution in [2.75, 3.05) is 0 Å². The molecule has 5 N–H and O–H groups in total. The second-order valence-corrected chi connectivity index (χ2v) is 1.75. The number of aliphatic imine (C=N–C) groups is 1. The predicted molar refractivity (Wildman–Crippen MR) is 34.1 cm³/mol. The lowest BCUT2D eigenvalue weighted by molar-refractivity contribution is 0.815. The van der Waals surface area contributed by atoms with Gasteiger partial charge in [0, 0.05) is 6.04 Å². The quantitative estimate of drug-likeness (QED) is 0.181. The van der Waals surface area contributed by atoms with Crippen LogP contribution in [0, 0.1) is 0 Å². The summed E-state index contributed by atoms with van der Waals surface area (Å²) < 4.78 is 0. The topological polar surface area (TPSA) is 76.4 Å². The van der Waals surface area contributed by atoms with E-state index in [9.17, 15) is 0 Å². The van der Waals surface area contributed by atoms with Crippen molar-refractivity contribution in [2.24, 2.45) is 16.6 Å². The number of nitrogens with one attached hydrogen (secondary N) is 1. The van der Waals surface area contributed by atoms with Crippen molar-refractivity contribution in [3.63, 3.8) is 0 Å². The van der Waals surface area contributed by atoms with Crippen molar-refractivity contribution in [1.82, 2.24) is 5.43 Å². The first-order valence-electron chi connectivity index (χ1n) is 2.46. The summed E-state index contributed by atoms with van der Waals surface area (Å²) in [6.45, 7) is 3.84. The highest BCUT2D eigenvalue weighted by Gasteiger charge is 1.87. The molecular weight excluding hydrogens is 104 g/mol. The molecule has 0 aromatic heterocycles. The fraction of sp³-hybridized carbons (Fsp3) is 0.750. The molecular formula is C4H12N4. The van der Waals surface area contributed by atoms with Gasteiger partial charge in [0.25, 0.3) is 0 Å². The molecule has 0 aromatic carbocycles. The van der Waals surface area contributed by atoms with E-state index in [1.54, 1.807) is 0 Å². The molecule has 4 nitrogen and oxygen atoms in total. The molecule has 0 radical (unpaired) electrons. The van der Waals surface area contributed by atoms with Gasteiger partial charge in [-0.25, -0.2) is 10.8 Å². The maximum atomic E-state index is 5.19. The van der Waals surface area contributed by atoms with E-state index in [4.69, 9.17) is 11.6 Å². The number of nitrogens with two attached hydrogens (primary N) is 2. The van der Waals surface area contributed by atoms with E-state index < -0.39 is 0 Å². The van der Waals surface area contributed by atoms with Crippen molar-refractivity contribution in [1.29, 1.82) is 0 Å². The van der Waals surface area contributed by atoms with Crippen LogP contribution in [0.1, 0.15) is 13.8 Å². The van der Waals surface area contributed by atoms with Gasteiger partial charge < -0.3 is 5.73 Å². The standard InChI is InChI=1S/C4H12N4/c1-3(2)7-4(5)8-6/h3H,6H2,1-2H3,(H3,5,7,8). The van der Waals surface area contributed by atoms with E-state index >= 15 is 0 Å². The van der Waals surface area contributed by atoms with E-state index in [-0.39, 0.29) is 12.0 Å². The van der Waals surface area contributed by atoms with E-state index in [0.29, 0.717) is 0 Å². The fourth-order valence-corrected chi connectivity index (χ4v) is 0.315. The van der Waals surface area contributed by atoms with Crippen molar-refractivity contribution >= 4 is 5.96 Å². The molecule has 0 heterocycles. The van der Waals surface area contributed by atoms with Crippen molar-refractivity contribution in [2.45, 2.75) is 19.9 Å². The Kier molecular flexibility index (Phi) is 2.95. The maximum Gasteiger partial charge on any atom is 0.203 e. The van der Waals surface area contributed by atoms with Crippen LogP contribution in [0.25, 0.3) is 0 Å². The van der Waals surface area contributed by atoms with E-state index in [1.165, 1.54) is 0 Å². The Bertz CT molecular complexity index is 86.0. The Labute approximate surface area is 48.9 Å². The van der Waals surface area contributed by atoms with Crippen LogP contribution in [0.3, 0.4) is 0 Å². The first kappa shape index (κ1) is 7.23. The Morgan fingerprint density at radius 1 is 1.62 bits per heavy atom. The van der Waals surface area contributed by atoms with E-state index in [1.807, 2.05) is 13.8 Å². The minimum Gasteiger partial charge on any atom is -0.369 e. The van der Waals surface area contributed by atoms with Crippen molar-refractivity contribution < 1.29 is 0 Å². The third kappa shape index (κ3) is 3.42. The van der Waals surface area contributed by atoms with Gasteiger partial charge in [0.15, 0.2) is 0 Å². The van der Waals surface area contributed by atoms with Crippen LogP contribution in [0.15, 0.2) is 4.99 Å². The van der Waals surface area contributed by atoms with E-state index in [0.717, 1.165) is 0 Å². The summed E-state index contributed by atoms with van der Waals surface area (Å²) in [6, 6.07) is 0.200. The Hall–Kier alpha value is -0.770. The third-order valence-corrected chi connectivity index (χ3v) is 0.545. The summed E-state index contributed by atoms with van der Waals surface area (Å²) in [5.74, 6) is 5.19. The Morgan fingerprint density at radius 3 is 2.25 bits per heavy atom. The summed E-state index contributed by atoms with van der Waals surface area (Å²) in [4.78, 5) is 3.85. The smallest absolute Gasteiger partial charge is 0.203 e. The lowest BCUT2D eigenvalue weighted by atomic mass is 10.4. The summed E-state index contributed by atoms with van der Waals surface area (Å²) in [6.07, 6.45) is 0. The second-order valence-electron chi connectivity index (χ2n) is 1.75. The van der Waals surface area contributed by atoms with Gasteiger partial charge in [-0.2, -0.15) is 0 Å². The number of nitrogens with zero attached hydrogens (tertiary/aromatic N) is 1. The Morgan fingerprint density at radius 2 is 2.12 bits per heavy atom. The first-order valence-corrected chi connectivity index (χ1v) is 2.46. The lowest BCUT2D eigenvalue weighted by Crippen LogP contribution is -2.37. The highest BCUT2D eigenvalue weighted by Crippen LogP contribution is 1.81. The largest absolute Gasteiger partial charge is 0.369 e. The van der Waals surface area contributed by atoms with Crippen molar-refractivity contribution in [3.8, 4) is 0 Å². The number of rotatable bonds is 1. The van der Waals surface area contributed by atoms with Crippen LogP contribution >= 0.6 is 0 Å². The lowest BCUT2D eigenvalue weighted by Gasteiger charge is -1.98. The van der Waals surface area contributed by atoms with Crippen LogP contribution < -0.4 is 17.0 Å². The summed E-state index contributed by atoms with van der Waals surface area (Å²) >= 11 is 0. The molecule has 0 saturated carbocycles. The summed E-state index contributed by atoms with van der Waals surface area (Å²) in [5, 5.41) is 0. The van der Waals surface area contributed by atoms with Gasteiger partial charge >= 0.3 is 0 Å². The maximum absolute atomic E-state index is 5.19. The van der Waals surface area contributed by atoms with Crippen molar-refractivity contribution in [3.05, 3.63) is 0 Å². The van der Waals surface area contributed by atoms with Gasteiger partial charge in [0.05, 0.1) is 0 Å². The normalized spacial score (nSPS) is 12.2. The monoisotopic (exact) mass is 116 g/mol. The number of guanidine groups is 1. The molecule has 0 saturated heterocycles. The molecule has 8 heavy (non-hydrogen) atoms. The van der Waals surface area contributed by atoms with Gasteiger partial charge in [-0.3, -0.25) is 5.43 Å². The second kappa shape index (κ2) is 3.26. The minimum absolute atomic E-state index is 0.200. The molecule has 0 aliphatic heterocycles. The molecule has 0 spiro atoms. The Balaban J connectivity index is 3.56. The first-order chi connectivity index (χ1) is 3.66. The molecule has 0 rings (SSSR count). The molecule has 0 amide bonds. The van der Waals surface area contributed by atoms with Crippen LogP contribution in [-0.2, 0) is 0 Å². The molecule has 0 fully saturated rings. The van der Waals surface area contributed by atoms with E-state index in [2.05, 4.69) is 10.4 Å². The molecule has 0 aliphatic carbocycles. The van der Waals surface area contributed by atoms with Crippen LogP contribution in [-0.4, -0.2) is 12.0 Å². The molecule has 0 aliphatic rings. The highest BCUT2D eigenvalue weighted by molar-refractivity contribution is 5.77. The zero-order chi connectivity index (χ0) is 6.57. The molecule has 0 atom stereocenters. The van der Waals surface area contributed by atoms with Gasteiger partial charge in [0.1, 0.15) is 0 Å². The fourth-order valence-electron chi connectivity index (χ4n) is 0.315. The van der Waals surface area contributed by atoms with Crippen LogP contribution in [0.4, 0.5) is 0 Å². The molecule has 0 bridgehead atoms. The number of hydrazine groups is 1. The number of hydrogen-bond donors (Lipinski definition) is 3. The molecule has 4 heteroatoms. The minimum atomic E-state index is 0.200. The number of hydrogen-bond acceptors (Lipinski definition) is 2. The summed E-state index contributed by atoms with van der Waals surface area (Å²) in [5.41, 5.74) is 7.41. The van der Waals surface area contributed by atoms with Crippen LogP contribution in [0.2, 0.25) is 0 Å². The third-order valence-electron chi connectivity index (χ3n) is 0.545. The van der Waals surface area contributed by atoms with Gasteiger partial charge in [-0.1, -0.05) is 0 Å². The van der Waals surface area contributed by atoms with Gasteiger partial charge in [0.2, 0.25) is 5.96 Å². The van der Waals surface area contributed by atoms with Gasteiger partial charge in [-0.05, 0) is 13.8 Å². The SMILES string of the molecule is CC(C)N=C(N)NN.